The summed E-state index contributed by atoms with van der Waals surface area (Å²) in [6.45, 7) is 4.77. The molecular weight excluding hydrogens is 312 g/mol. The molecule has 2 rings (SSSR count). The summed E-state index contributed by atoms with van der Waals surface area (Å²) >= 11 is 5.91. The first kappa shape index (κ1) is 17.2. The molecule has 0 unspecified atom stereocenters. The van der Waals surface area contributed by atoms with Gasteiger partial charge < -0.3 is 15.4 Å². The highest BCUT2D eigenvalue weighted by Gasteiger charge is 2.07. The van der Waals surface area contributed by atoms with Gasteiger partial charge in [0.15, 0.2) is 0 Å². The Bertz CT molecular complexity index is 674. The third kappa shape index (κ3) is 5.18. The number of benzene rings is 2. The van der Waals surface area contributed by atoms with Gasteiger partial charge in [0.05, 0.1) is 18.8 Å². The molecule has 2 N–H and O–H groups in total. The van der Waals surface area contributed by atoms with Crippen LogP contribution < -0.4 is 15.4 Å². The summed E-state index contributed by atoms with van der Waals surface area (Å²) in [4.78, 5) is 12.1. The Hall–Kier alpha value is -2.20. The molecule has 2 aromatic carbocycles. The zero-order chi connectivity index (χ0) is 16.7. The van der Waals surface area contributed by atoms with Crippen molar-refractivity contribution in [3.63, 3.8) is 0 Å². The van der Waals surface area contributed by atoms with E-state index in [9.17, 15) is 4.79 Å². The molecule has 0 aromatic heterocycles. The summed E-state index contributed by atoms with van der Waals surface area (Å²) in [5.41, 5.74) is 2.50. The average molecular weight is 333 g/mol. The number of halogens is 1. The Morgan fingerprint density at radius 1 is 1.17 bits per heavy atom. The van der Waals surface area contributed by atoms with Crippen molar-refractivity contribution in [2.75, 3.05) is 23.8 Å². The molecule has 0 spiro atoms. The van der Waals surface area contributed by atoms with Crippen LogP contribution in [0.2, 0.25) is 5.02 Å². The van der Waals surface area contributed by atoms with Gasteiger partial charge in [-0.3, -0.25) is 4.79 Å². The van der Waals surface area contributed by atoms with Gasteiger partial charge in [0.25, 0.3) is 0 Å². The Kier molecular flexibility index (Phi) is 6.29. The number of aryl methyl sites for hydroxylation is 1. The maximum absolute atomic E-state index is 12.1. The number of nitrogens with one attached hydrogen (secondary N) is 2. The quantitative estimate of drug-likeness (QED) is 0.785. The highest BCUT2D eigenvalue weighted by atomic mass is 35.5. The number of hydrogen-bond acceptors (Lipinski definition) is 3. The van der Waals surface area contributed by atoms with Crippen LogP contribution >= 0.6 is 11.6 Å². The van der Waals surface area contributed by atoms with E-state index in [0.29, 0.717) is 11.6 Å². The molecule has 0 heterocycles. The van der Waals surface area contributed by atoms with Crippen LogP contribution in [0.1, 0.15) is 18.9 Å². The van der Waals surface area contributed by atoms with Gasteiger partial charge in [0, 0.05) is 10.7 Å². The van der Waals surface area contributed by atoms with E-state index in [4.69, 9.17) is 16.3 Å². The minimum Gasteiger partial charge on any atom is -0.491 e. The maximum Gasteiger partial charge on any atom is 0.243 e. The molecule has 0 bridgehead atoms. The van der Waals surface area contributed by atoms with Gasteiger partial charge in [-0.15, -0.1) is 0 Å². The third-order valence-electron chi connectivity index (χ3n) is 3.25. The molecule has 0 radical (unpaired) electrons. The molecule has 1 amide bonds. The van der Waals surface area contributed by atoms with E-state index in [1.807, 2.05) is 37.3 Å². The normalized spacial score (nSPS) is 10.2. The average Bonchev–Trinajstić information content (AvgIpc) is 2.54. The highest BCUT2D eigenvalue weighted by molar-refractivity contribution is 6.30. The van der Waals surface area contributed by atoms with Crippen LogP contribution in [0.5, 0.6) is 5.75 Å². The molecular formula is C18H21ClN2O2. The molecule has 0 fully saturated rings. The first-order chi connectivity index (χ1) is 11.1. The molecule has 0 aliphatic carbocycles. The van der Waals surface area contributed by atoms with Crippen molar-refractivity contribution in [3.8, 4) is 5.75 Å². The minimum absolute atomic E-state index is 0.124. The Labute approximate surface area is 141 Å². The summed E-state index contributed by atoms with van der Waals surface area (Å²) < 4.78 is 5.66. The van der Waals surface area contributed by atoms with Crippen molar-refractivity contribution in [3.05, 3.63) is 53.1 Å². The standard InChI is InChI=1S/C18H21ClN2O2/c1-3-10-23-17-7-5-4-6-16(17)20-12-18(22)21-15-9-8-14(19)11-13(15)2/h4-9,11,20H,3,10,12H2,1-2H3,(H,21,22). The second-order valence-electron chi connectivity index (χ2n) is 5.21. The molecule has 0 atom stereocenters. The molecule has 2 aromatic rings. The van der Waals surface area contributed by atoms with Crippen LogP contribution in [-0.4, -0.2) is 19.1 Å². The number of amides is 1. The topological polar surface area (TPSA) is 50.4 Å². The van der Waals surface area contributed by atoms with E-state index in [1.165, 1.54) is 0 Å². The van der Waals surface area contributed by atoms with Crippen LogP contribution in [0.3, 0.4) is 0 Å². The number of ether oxygens (including phenoxy) is 1. The molecule has 5 heteroatoms. The largest absolute Gasteiger partial charge is 0.491 e. The Morgan fingerprint density at radius 2 is 1.96 bits per heavy atom. The lowest BCUT2D eigenvalue weighted by atomic mass is 10.2. The molecule has 0 saturated heterocycles. The smallest absolute Gasteiger partial charge is 0.243 e. The summed E-state index contributed by atoms with van der Waals surface area (Å²) in [5, 5.41) is 6.63. The van der Waals surface area contributed by atoms with Crippen molar-refractivity contribution < 1.29 is 9.53 Å². The molecule has 122 valence electrons. The minimum atomic E-state index is -0.124. The van der Waals surface area contributed by atoms with Gasteiger partial charge in [-0.1, -0.05) is 30.7 Å². The molecule has 0 aliphatic rings. The Morgan fingerprint density at radius 3 is 2.70 bits per heavy atom. The second kappa shape index (κ2) is 8.44. The lowest BCUT2D eigenvalue weighted by molar-refractivity contribution is -0.114. The first-order valence-electron chi connectivity index (χ1n) is 7.62. The fourth-order valence-corrected chi connectivity index (χ4v) is 2.31. The third-order valence-corrected chi connectivity index (χ3v) is 3.49. The van der Waals surface area contributed by atoms with Crippen molar-refractivity contribution in [2.45, 2.75) is 20.3 Å². The number of anilines is 2. The van der Waals surface area contributed by atoms with E-state index in [0.717, 1.165) is 29.1 Å². The highest BCUT2D eigenvalue weighted by Crippen LogP contribution is 2.24. The van der Waals surface area contributed by atoms with Crippen LogP contribution in [0.15, 0.2) is 42.5 Å². The lowest BCUT2D eigenvalue weighted by Crippen LogP contribution is -2.22. The van der Waals surface area contributed by atoms with Gasteiger partial charge in [0.1, 0.15) is 5.75 Å². The van der Waals surface area contributed by atoms with E-state index in [-0.39, 0.29) is 12.5 Å². The van der Waals surface area contributed by atoms with Crippen LogP contribution in [0, 0.1) is 6.92 Å². The number of hydrogen-bond donors (Lipinski definition) is 2. The zero-order valence-electron chi connectivity index (χ0n) is 13.4. The van der Waals surface area contributed by atoms with E-state index in [1.54, 1.807) is 12.1 Å². The van der Waals surface area contributed by atoms with Gasteiger partial charge in [-0.05, 0) is 49.2 Å². The summed E-state index contributed by atoms with van der Waals surface area (Å²) in [6, 6.07) is 13.0. The lowest BCUT2D eigenvalue weighted by Gasteiger charge is -2.13. The van der Waals surface area contributed by atoms with Crippen LogP contribution in [0.4, 0.5) is 11.4 Å². The van der Waals surface area contributed by atoms with E-state index < -0.39 is 0 Å². The summed E-state index contributed by atoms with van der Waals surface area (Å²) in [5.74, 6) is 0.630. The molecule has 0 saturated carbocycles. The van der Waals surface area contributed by atoms with Gasteiger partial charge in [0.2, 0.25) is 5.91 Å². The van der Waals surface area contributed by atoms with Crippen molar-refractivity contribution >= 4 is 28.9 Å². The Balaban J connectivity index is 1.94. The molecule has 4 nitrogen and oxygen atoms in total. The SMILES string of the molecule is CCCOc1ccccc1NCC(=O)Nc1ccc(Cl)cc1C. The summed E-state index contributed by atoms with van der Waals surface area (Å²) in [6.07, 6.45) is 0.935. The number of para-hydroxylation sites is 2. The van der Waals surface area contributed by atoms with Gasteiger partial charge in [-0.25, -0.2) is 0 Å². The summed E-state index contributed by atoms with van der Waals surface area (Å²) in [7, 11) is 0. The van der Waals surface area contributed by atoms with Crippen molar-refractivity contribution in [1.82, 2.24) is 0 Å². The maximum atomic E-state index is 12.1. The fourth-order valence-electron chi connectivity index (χ4n) is 2.09. The number of rotatable bonds is 7. The van der Waals surface area contributed by atoms with E-state index in [2.05, 4.69) is 17.6 Å². The predicted octanol–water partition coefficient (Wildman–Crippen LogP) is 4.49. The van der Waals surface area contributed by atoms with Crippen molar-refractivity contribution in [2.24, 2.45) is 0 Å². The number of carbonyl (C=O) groups is 1. The van der Waals surface area contributed by atoms with Gasteiger partial charge in [-0.2, -0.15) is 0 Å². The fraction of sp³-hybridized carbons (Fsp3) is 0.278. The van der Waals surface area contributed by atoms with Crippen LogP contribution in [-0.2, 0) is 4.79 Å². The van der Waals surface area contributed by atoms with Crippen molar-refractivity contribution in [1.29, 1.82) is 0 Å². The van der Waals surface area contributed by atoms with Crippen LogP contribution in [0.25, 0.3) is 0 Å². The molecule has 23 heavy (non-hydrogen) atoms. The monoisotopic (exact) mass is 332 g/mol. The van der Waals surface area contributed by atoms with Gasteiger partial charge >= 0.3 is 0 Å². The number of carbonyl (C=O) groups excluding carboxylic acids is 1. The van der Waals surface area contributed by atoms with E-state index >= 15 is 0 Å². The first-order valence-corrected chi connectivity index (χ1v) is 7.99. The predicted molar refractivity (Wildman–Crippen MR) is 95.5 cm³/mol. The molecule has 0 aliphatic heterocycles. The second-order valence-corrected chi connectivity index (χ2v) is 5.64. The zero-order valence-corrected chi connectivity index (χ0v) is 14.1.